The Balaban J connectivity index is 1.77. The van der Waals surface area contributed by atoms with Crippen LogP contribution in [0.3, 0.4) is 0 Å². The molecule has 0 unspecified atom stereocenters. The van der Waals surface area contributed by atoms with E-state index in [0.29, 0.717) is 17.7 Å². The lowest BCUT2D eigenvalue weighted by Gasteiger charge is -2.10. The van der Waals surface area contributed by atoms with E-state index in [1.807, 2.05) is 29.7 Å². The summed E-state index contributed by atoms with van der Waals surface area (Å²) in [5.41, 5.74) is 0.994. The Morgan fingerprint density at radius 2 is 1.68 bits per heavy atom. The molecule has 3 nitrogen and oxygen atoms in total. The van der Waals surface area contributed by atoms with Crippen molar-refractivity contribution in [2.75, 3.05) is 6.54 Å². The minimum absolute atomic E-state index is 0.212. The van der Waals surface area contributed by atoms with Crippen LogP contribution in [0.2, 0.25) is 0 Å². The fourth-order valence-electron chi connectivity index (χ4n) is 2.07. The summed E-state index contributed by atoms with van der Waals surface area (Å²) in [7, 11) is 0. The first kappa shape index (κ1) is 11.9. The van der Waals surface area contributed by atoms with Gasteiger partial charge in [-0.1, -0.05) is 24.3 Å². The van der Waals surface area contributed by atoms with E-state index in [0.717, 1.165) is 4.88 Å². The normalized spacial score (nSPS) is 14.4. The molecule has 0 atom stereocenters. The Kier molecular flexibility index (Phi) is 3.01. The molecule has 0 bridgehead atoms. The number of fused-ring (bicyclic) bond motifs is 1. The van der Waals surface area contributed by atoms with Crippen LogP contribution in [-0.4, -0.2) is 23.3 Å². The van der Waals surface area contributed by atoms with Gasteiger partial charge < -0.3 is 0 Å². The topological polar surface area (TPSA) is 37.4 Å². The zero-order chi connectivity index (χ0) is 13.2. The highest BCUT2D eigenvalue weighted by molar-refractivity contribution is 7.10. The van der Waals surface area contributed by atoms with E-state index in [4.69, 9.17) is 0 Å². The minimum Gasteiger partial charge on any atom is -0.270 e. The molecule has 1 aromatic carbocycles. The first-order valence-corrected chi connectivity index (χ1v) is 6.80. The lowest BCUT2D eigenvalue weighted by atomic mass is 10.1. The zero-order valence-electron chi connectivity index (χ0n) is 10.1. The van der Waals surface area contributed by atoms with E-state index in [2.05, 4.69) is 0 Å². The third-order valence-electron chi connectivity index (χ3n) is 2.99. The molecule has 2 heterocycles. The molecule has 0 saturated carbocycles. The van der Waals surface area contributed by atoms with Crippen LogP contribution in [0.5, 0.6) is 0 Å². The Labute approximate surface area is 114 Å². The van der Waals surface area contributed by atoms with Gasteiger partial charge in [-0.2, -0.15) is 0 Å². The van der Waals surface area contributed by atoms with Crippen molar-refractivity contribution in [3.8, 4) is 0 Å². The summed E-state index contributed by atoms with van der Waals surface area (Å²) in [5.74, 6) is -0.423. The first-order valence-electron chi connectivity index (χ1n) is 5.92. The smallest absolute Gasteiger partial charge is 0.261 e. The maximum atomic E-state index is 12.1. The van der Waals surface area contributed by atoms with Gasteiger partial charge in [0.05, 0.1) is 11.1 Å². The van der Waals surface area contributed by atoms with Gasteiger partial charge in [-0.05, 0) is 29.7 Å². The van der Waals surface area contributed by atoms with Crippen molar-refractivity contribution in [3.05, 3.63) is 63.9 Å². The monoisotopic (exact) mass is 269 g/mol. The number of imide groups is 1. The second-order valence-electron chi connectivity index (χ2n) is 4.18. The van der Waals surface area contributed by atoms with Crippen molar-refractivity contribution in [1.82, 2.24) is 4.90 Å². The summed E-state index contributed by atoms with van der Waals surface area (Å²) in [6.45, 7) is 0.310. The molecular weight excluding hydrogens is 258 g/mol. The molecule has 1 aliphatic rings. The highest BCUT2D eigenvalue weighted by atomic mass is 32.1. The number of rotatable bonds is 3. The summed E-state index contributed by atoms with van der Waals surface area (Å²) in [6.07, 6.45) is 3.77. The van der Waals surface area contributed by atoms with Gasteiger partial charge in [-0.15, -0.1) is 11.3 Å². The maximum absolute atomic E-state index is 12.1. The SMILES string of the molecule is O=C1c2ccccc2C(=O)N1CC=Cc1cccs1. The molecule has 94 valence electrons. The van der Waals surface area contributed by atoms with Gasteiger partial charge in [0.25, 0.3) is 11.8 Å². The molecular formula is C15H11NO2S. The van der Waals surface area contributed by atoms with Gasteiger partial charge in [0, 0.05) is 11.4 Å². The fourth-order valence-corrected chi connectivity index (χ4v) is 2.71. The third kappa shape index (κ3) is 2.11. The predicted octanol–water partition coefficient (Wildman–Crippen LogP) is 3.06. The Hall–Kier alpha value is -2.20. The molecule has 0 fully saturated rings. The standard InChI is InChI=1S/C15H11NO2S/c17-14-12-7-1-2-8-13(12)15(18)16(14)9-3-5-11-6-4-10-19-11/h1-8,10H,9H2. The number of nitrogens with zero attached hydrogens (tertiary/aromatic N) is 1. The number of amides is 2. The molecule has 0 aliphatic carbocycles. The van der Waals surface area contributed by atoms with Gasteiger partial charge in [0.1, 0.15) is 0 Å². The van der Waals surface area contributed by atoms with E-state index in [-0.39, 0.29) is 11.8 Å². The molecule has 19 heavy (non-hydrogen) atoms. The number of carbonyl (C=O) groups excluding carboxylic acids is 2. The molecule has 2 aromatic rings. The molecule has 0 N–H and O–H groups in total. The predicted molar refractivity (Wildman–Crippen MR) is 75.2 cm³/mol. The molecule has 0 spiro atoms. The van der Waals surface area contributed by atoms with Gasteiger partial charge in [-0.25, -0.2) is 0 Å². The van der Waals surface area contributed by atoms with Gasteiger partial charge in [0.2, 0.25) is 0 Å². The van der Waals surface area contributed by atoms with E-state index in [1.54, 1.807) is 35.6 Å². The summed E-state index contributed by atoms with van der Waals surface area (Å²) in [4.78, 5) is 26.5. The molecule has 2 amide bonds. The van der Waals surface area contributed by atoms with Crippen molar-refractivity contribution in [2.45, 2.75) is 0 Å². The van der Waals surface area contributed by atoms with Crippen molar-refractivity contribution in [1.29, 1.82) is 0 Å². The molecule has 4 heteroatoms. The molecule has 3 rings (SSSR count). The van der Waals surface area contributed by atoms with Crippen LogP contribution in [0, 0.1) is 0 Å². The second kappa shape index (κ2) is 4.82. The number of benzene rings is 1. The maximum Gasteiger partial charge on any atom is 0.261 e. The Morgan fingerprint density at radius 3 is 2.26 bits per heavy atom. The minimum atomic E-state index is -0.212. The van der Waals surface area contributed by atoms with Crippen LogP contribution in [0.4, 0.5) is 0 Å². The van der Waals surface area contributed by atoms with Crippen LogP contribution >= 0.6 is 11.3 Å². The van der Waals surface area contributed by atoms with Crippen molar-refractivity contribution >= 4 is 29.2 Å². The molecule has 1 aliphatic heterocycles. The molecule has 0 radical (unpaired) electrons. The summed E-state index contributed by atoms with van der Waals surface area (Å²) in [6, 6.07) is 10.9. The van der Waals surface area contributed by atoms with E-state index in [1.165, 1.54) is 4.90 Å². The van der Waals surface area contributed by atoms with Crippen LogP contribution in [-0.2, 0) is 0 Å². The van der Waals surface area contributed by atoms with Gasteiger partial charge in [-0.3, -0.25) is 14.5 Å². The zero-order valence-corrected chi connectivity index (χ0v) is 10.9. The first-order chi connectivity index (χ1) is 9.27. The van der Waals surface area contributed by atoms with E-state index < -0.39 is 0 Å². The number of thiophene rings is 1. The van der Waals surface area contributed by atoms with Crippen molar-refractivity contribution < 1.29 is 9.59 Å². The Bertz CT molecular complexity index is 624. The Morgan fingerprint density at radius 1 is 1.00 bits per heavy atom. The lowest BCUT2D eigenvalue weighted by molar-refractivity contribution is 0.0672. The van der Waals surface area contributed by atoms with Gasteiger partial charge >= 0.3 is 0 Å². The number of hydrogen-bond acceptors (Lipinski definition) is 3. The molecule has 0 saturated heterocycles. The van der Waals surface area contributed by atoms with Crippen molar-refractivity contribution in [2.24, 2.45) is 0 Å². The highest BCUT2D eigenvalue weighted by Gasteiger charge is 2.33. The van der Waals surface area contributed by atoms with E-state index in [9.17, 15) is 9.59 Å². The molecule has 1 aromatic heterocycles. The summed E-state index contributed by atoms with van der Waals surface area (Å²) >= 11 is 1.62. The van der Waals surface area contributed by atoms with Crippen molar-refractivity contribution in [3.63, 3.8) is 0 Å². The van der Waals surface area contributed by atoms with Crippen LogP contribution in [0.25, 0.3) is 6.08 Å². The fraction of sp³-hybridized carbons (Fsp3) is 0.0667. The van der Waals surface area contributed by atoms with E-state index >= 15 is 0 Å². The lowest BCUT2D eigenvalue weighted by Crippen LogP contribution is -2.29. The highest BCUT2D eigenvalue weighted by Crippen LogP contribution is 2.22. The van der Waals surface area contributed by atoms with Crippen LogP contribution < -0.4 is 0 Å². The summed E-state index contributed by atoms with van der Waals surface area (Å²) in [5, 5.41) is 1.99. The quantitative estimate of drug-likeness (QED) is 0.803. The number of carbonyl (C=O) groups is 2. The average molecular weight is 269 g/mol. The average Bonchev–Trinajstić information content (AvgIpc) is 3.02. The third-order valence-corrected chi connectivity index (χ3v) is 3.83. The number of hydrogen-bond donors (Lipinski definition) is 0. The largest absolute Gasteiger partial charge is 0.270 e. The van der Waals surface area contributed by atoms with Crippen LogP contribution in [0.15, 0.2) is 47.9 Å². The second-order valence-corrected chi connectivity index (χ2v) is 5.16. The van der Waals surface area contributed by atoms with Crippen LogP contribution in [0.1, 0.15) is 25.6 Å². The summed E-state index contributed by atoms with van der Waals surface area (Å²) < 4.78 is 0. The van der Waals surface area contributed by atoms with Gasteiger partial charge in [0.15, 0.2) is 0 Å².